The molecule has 2 rings (SSSR count). The summed E-state index contributed by atoms with van der Waals surface area (Å²) in [5.41, 5.74) is 3.30. The highest BCUT2D eigenvalue weighted by Gasteiger charge is 2.10. The molecule has 0 amide bonds. The average molecular weight is 238 g/mol. The topological polar surface area (TPSA) is 103 Å². The second-order valence-corrected chi connectivity index (χ2v) is 3.96. The van der Waals surface area contributed by atoms with Crippen molar-refractivity contribution in [1.29, 1.82) is 0 Å². The largest absolute Gasteiger partial charge is 0.416 e. The van der Waals surface area contributed by atoms with Gasteiger partial charge in [-0.15, -0.1) is 10.2 Å². The lowest BCUT2D eigenvalue weighted by atomic mass is 10.4. The van der Waals surface area contributed by atoms with Gasteiger partial charge < -0.3 is 4.42 Å². The molecule has 7 nitrogen and oxygen atoms in total. The molecular weight excluding hydrogens is 228 g/mol. The molecule has 0 spiro atoms. The fourth-order valence-electron chi connectivity index (χ4n) is 1.00. The summed E-state index contributed by atoms with van der Waals surface area (Å²) < 4.78 is 5.24. The van der Waals surface area contributed by atoms with E-state index in [2.05, 4.69) is 25.6 Å². The van der Waals surface area contributed by atoms with E-state index in [0.29, 0.717) is 17.1 Å². The third kappa shape index (κ3) is 2.28. The Kier molecular flexibility index (Phi) is 3.02. The van der Waals surface area contributed by atoms with Gasteiger partial charge in [-0.05, 0) is 18.7 Å². The number of anilines is 1. The summed E-state index contributed by atoms with van der Waals surface area (Å²) in [6.45, 7) is 3.63. The van der Waals surface area contributed by atoms with Crippen LogP contribution in [0.2, 0.25) is 0 Å². The first-order valence-electron chi connectivity index (χ1n) is 4.47. The van der Waals surface area contributed by atoms with Crippen molar-refractivity contribution in [2.45, 2.75) is 24.1 Å². The van der Waals surface area contributed by atoms with Crippen molar-refractivity contribution in [2.75, 3.05) is 5.43 Å². The minimum Gasteiger partial charge on any atom is -0.416 e. The van der Waals surface area contributed by atoms with Gasteiger partial charge in [0.05, 0.1) is 0 Å². The third-order valence-electron chi connectivity index (χ3n) is 1.75. The van der Waals surface area contributed by atoms with Crippen LogP contribution in [0.1, 0.15) is 11.5 Å². The summed E-state index contributed by atoms with van der Waals surface area (Å²) in [6.07, 6.45) is 1.67. The van der Waals surface area contributed by atoms with E-state index in [9.17, 15) is 0 Å². The van der Waals surface area contributed by atoms with Crippen LogP contribution in [-0.4, -0.2) is 20.2 Å². The maximum Gasteiger partial charge on any atom is 0.282 e. The second kappa shape index (κ2) is 4.45. The third-order valence-corrected chi connectivity index (χ3v) is 2.69. The zero-order valence-corrected chi connectivity index (χ0v) is 9.58. The molecule has 16 heavy (non-hydrogen) atoms. The molecule has 0 unspecified atom stereocenters. The van der Waals surface area contributed by atoms with Gasteiger partial charge in [-0.3, -0.25) is 5.43 Å². The molecule has 0 aromatic carbocycles. The molecule has 0 fully saturated rings. The van der Waals surface area contributed by atoms with Crippen LogP contribution in [0.3, 0.4) is 0 Å². The molecule has 0 aliphatic carbocycles. The van der Waals surface area contributed by atoms with Gasteiger partial charge in [0, 0.05) is 18.7 Å². The number of aromatic nitrogens is 4. The van der Waals surface area contributed by atoms with E-state index in [-0.39, 0.29) is 0 Å². The highest BCUT2D eigenvalue weighted by Crippen LogP contribution is 2.27. The van der Waals surface area contributed by atoms with E-state index >= 15 is 0 Å². The molecule has 0 aliphatic rings. The number of nitrogens with one attached hydrogen (secondary N) is 1. The van der Waals surface area contributed by atoms with Crippen molar-refractivity contribution in [3.8, 4) is 0 Å². The summed E-state index contributed by atoms with van der Waals surface area (Å²) in [5.74, 6) is 6.10. The van der Waals surface area contributed by atoms with Crippen molar-refractivity contribution in [2.24, 2.45) is 5.84 Å². The minimum absolute atomic E-state index is 0.351. The van der Waals surface area contributed by atoms with Crippen LogP contribution in [0.25, 0.3) is 0 Å². The van der Waals surface area contributed by atoms with E-state index in [1.165, 1.54) is 11.8 Å². The lowest BCUT2D eigenvalue weighted by Crippen LogP contribution is -2.10. The van der Waals surface area contributed by atoms with Gasteiger partial charge in [0.1, 0.15) is 5.03 Å². The number of nitrogens with two attached hydrogens (primary N) is 1. The van der Waals surface area contributed by atoms with E-state index in [0.717, 1.165) is 10.6 Å². The number of aryl methyl sites for hydroxylation is 2. The molecule has 0 aliphatic heterocycles. The van der Waals surface area contributed by atoms with Crippen molar-refractivity contribution < 1.29 is 4.42 Å². The lowest BCUT2D eigenvalue weighted by molar-refractivity contribution is 0.429. The summed E-state index contributed by atoms with van der Waals surface area (Å²) in [5, 5.41) is 8.78. The minimum atomic E-state index is 0.351. The molecule has 0 radical (unpaired) electrons. The van der Waals surface area contributed by atoms with E-state index in [1.807, 2.05) is 6.92 Å². The monoisotopic (exact) mass is 238 g/mol. The normalized spacial score (nSPS) is 10.4. The van der Waals surface area contributed by atoms with E-state index in [1.54, 1.807) is 13.1 Å². The first-order valence-corrected chi connectivity index (χ1v) is 5.29. The zero-order chi connectivity index (χ0) is 11.5. The van der Waals surface area contributed by atoms with Gasteiger partial charge in [0.15, 0.2) is 0 Å². The zero-order valence-electron chi connectivity index (χ0n) is 8.76. The summed E-state index contributed by atoms with van der Waals surface area (Å²) in [6, 6.07) is 0. The quantitative estimate of drug-likeness (QED) is 0.462. The second-order valence-electron chi connectivity index (χ2n) is 3.02. The van der Waals surface area contributed by atoms with Crippen LogP contribution in [0.5, 0.6) is 0 Å². The molecule has 3 N–H and O–H groups in total. The Balaban J connectivity index is 2.26. The van der Waals surface area contributed by atoms with Gasteiger partial charge >= 0.3 is 0 Å². The standard InChI is InChI=1S/C8H10N6OS/c1-4-3-10-7(12-9)11-6(4)16-8-14-13-5(2)15-8/h3H,9H2,1-2H3,(H,10,11,12). The van der Waals surface area contributed by atoms with E-state index in [4.69, 9.17) is 10.3 Å². The van der Waals surface area contributed by atoms with Crippen molar-refractivity contribution in [1.82, 2.24) is 20.2 Å². The molecule has 0 saturated carbocycles. The fourth-order valence-corrected chi connectivity index (χ4v) is 1.76. The van der Waals surface area contributed by atoms with Crippen LogP contribution in [0, 0.1) is 13.8 Å². The number of hydrazine groups is 1. The number of nitrogens with zero attached hydrogens (tertiary/aromatic N) is 4. The maximum absolute atomic E-state index is 5.24. The van der Waals surface area contributed by atoms with Gasteiger partial charge in [0.2, 0.25) is 11.8 Å². The van der Waals surface area contributed by atoms with Crippen LogP contribution in [0.4, 0.5) is 5.95 Å². The van der Waals surface area contributed by atoms with Crippen LogP contribution in [-0.2, 0) is 0 Å². The Morgan fingerprint density at radius 2 is 2.19 bits per heavy atom. The molecule has 0 atom stereocenters. The van der Waals surface area contributed by atoms with Gasteiger partial charge in [-0.2, -0.15) is 0 Å². The summed E-state index contributed by atoms with van der Waals surface area (Å²) >= 11 is 1.28. The number of rotatable bonds is 3. The molecular formula is C8H10N6OS. The highest BCUT2D eigenvalue weighted by molar-refractivity contribution is 7.99. The maximum atomic E-state index is 5.24. The molecule has 84 valence electrons. The van der Waals surface area contributed by atoms with Crippen molar-refractivity contribution in [3.63, 3.8) is 0 Å². The first-order chi connectivity index (χ1) is 7.69. The molecule has 2 heterocycles. The van der Waals surface area contributed by atoms with Gasteiger partial charge in [0.25, 0.3) is 5.22 Å². The number of nitrogen functional groups attached to an aromatic ring is 1. The Bertz CT molecular complexity index is 499. The highest BCUT2D eigenvalue weighted by atomic mass is 32.2. The Hall–Kier alpha value is -1.67. The first kappa shape index (κ1) is 10.8. The average Bonchev–Trinajstić information content (AvgIpc) is 2.67. The summed E-state index contributed by atoms with van der Waals surface area (Å²) in [4.78, 5) is 8.16. The van der Waals surface area contributed by atoms with Crippen LogP contribution in [0.15, 0.2) is 20.9 Å². The van der Waals surface area contributed by atoms with Crippen LogP contribution < -0.4 is 11.3 Å². The number of hydrogen-bond acceptors (Lipinski definition) is 8. The van der Waals surface area contributed by atoms with Gasteiger partial charge in [-0.1, -0.05) is 0 Å². The lowest BCUT2D eigenvalue weighted by Gasteiger charge is -2.03. The SMILES string of the molecule is Cc1nnc(Sc2nc(NN)ncc2C)o1. The fraction of sp³-hybridized carbons (Fsp3) is 0.250. The Morgan fingerprint density at radius 1 is 1.38 bits per heavy atom. The van der Waals surface area contributed by atoms with E-state index < -0.39 is 0 Å². The predicted molar refractivity (Wildman–Crippen MR) is 57.7 cm³/mol. The van der Waals surface area contributed by atoms with Crippen LogP contribution >= 0.6 is 11.8 Å². The smallest absolute Gasteiger partial charge is 0.282 e. The predicted octanol–water partition coefficient (Wildman–Crippen LogP) is 0.913. The number of hydrogen-bond donors (Lipinski definition) is 2. The van der Waals surface area contributed by atoms with Crippen molar-refractivity contribution in [3.05, 3.63) is 17.7 Å². The summed E-state index contributed by atoms with van der Waals surface area (Å²) in [7, 11) is 0. The van der Waals surface area contributed by atoms with Crippen molar-refractivity contribution >= 4 is 17.7 Å². The van der Waals surface area contributed by atoms with Gasteiger partial charge in [-0.25, -0.2) is 15.8 Å². The molecule has 2 aromatic rings. The molecule has 0 saturated heterocycles. The molecule has 8 heteroatoms. The Labute approximate surface area is 95.8 Å². The molecule has 0 bridgehead atoms. The Morgan fingerprint density at radius 3 is 2.81 bits per heavy atom. The molecule has 2 aromatic heterocycles.